The van der Waals surface area contributed by atoms with Crippen molar-refractivity contribution in [1.82, 2.24) is 0 Å². The topological polar surface area (TPSA) is 69.9 Å². The van der Waals surface area contributed by atoms with Crippen molar-refractivity contribution in [2.45, 2.75) is 97.1 Å². The largest absolute Gasteiger partial charge is 0.393 e. The van der Waals surface area contributed by atoms with Gasteiger partial charge in [-0.1, -0.05) is 57.6 Å². The zero-order valence-corrected chi connectivity index (χ0v) is 19.8. The van der Waals surface area contributed by atoms with E-state index in [9.17, 15) is 15.3 Å². The summed E-state index contributed by atoms with van der Waals surface area (Å²) in [5, 5.41) is 30.4. The summed E-state index contributed by atoms with van der Waals surface area (Å²) in [6, 6.07) is 0. The Morgan fingerprint density at radius 1 is 1.29 bits per heavy atom. The van der Waals surface area contributed by atoms with Gasteiger partial charge < -0.3 is 20.1 Å². The first-order valence-electron chi connectivity index (χ1n) is 12.1. The monoisotopic (exact) mass is 430 g/mol. The number of rotatable bonds is 7. The minimum atomic E-state index is -0.645. The Balaban J connectivity index is 1.71. The van der Waals surface area contributed by atoms with Gasteiger partial charge in [0.1, 0.15) is 0 Å². The summed E-state index contributed by atoms with van der Waals surface area (Å²) >= 11 is 0. The third-order valence-electron chi connectivity index (χ3n) is 8.13. The molecule has 174 valence electrons. The van der Waals surface area contributed by atoms with Crippen LogP contribution >= 0.6 is 0 Å². The summed E-state index contributed by atoms with van der Waals surface area (Å²) in [7, 11) is 0. The Bertz CT molecular complexity index is 748. The van der Waals surface area contributed by atoms with E-state index in [1.54, 1.807) is 0 Å². The molecule has 0 aliphatic heterocycles. The highest BCUT2D eigenvalue weighted by molar-refractivity contribution is 5.40. The molecule has 2 fully saturated rings. The molecule has 0 aromatic rings. The van der Waals surface area contributed by atoms with Gasteiger partial charge >= 0.3 is 0 Å². The van der Waals surface area contributed by atoms with Crippen molar-refractivity contribution in [3.8, 4) is 0 Å². The van der Waals surface area contributed by atoms with Crippen molar-refractivity contribution in [3.05, 3.63) is 47.1 Å². The van der Waals surface area contributed by atoms with Crippen molar-refractivity contribution in [1.29, 1.82) is 0 Å². The zero-order valence-electron chi connectivity index (χ0n) is 19.8. The van der Waals surface area contributed by atoms with Gasteiger partial charge in [-0.15, -0.1) is 0 Å². The van der Waals surface area contributed by atoms with Crippen LogP contribution in [0.25, 0.3) is 0 Å². The zero-order chi connectivity index (χ0) is 22.8. The maximum absolute atomic E-state index is 10.3. The second-order valence-corrected chi connectivity index (χ2v) is 10.2. The molecule has 3 N–H and O–H groups in total. The quantitative estimate of drug-likeness (QED) is 0.505. The van der Waals surface area contributed by atoms with E-state index in [0.29, 0.717) is 25.4 Å². The van der Waals surface area contributed by atoms with E-state index in [0.717, 1.165) is 43.3 Å². The van der Waals surface area contributed by atoms with E-state index in [1.807, 2.05) is 0 Å². The fourth-order valence-electron chi connectivity index (χ4n) is 5.72. The number of ether oxygens (including phenoxy) is 1. The van der Waals surface area contributed by atoms with Gasteiger partial charge in [0.05, 0.1) is 31.0 Å². The molecule has 1 unspecified atom stereocenters. The predicted molar refractivity (Wildman–Crippen MR) is 126 cm³/mol. The lowest BCUT2D eigenvalue weighted by Gasteiger charge is -2.42. The number of aliphatic hydroxyl groups is 3. The Labute approximate surface area is 188 Å². The summed E-state index contributed by atoms with van der Waals surface area (Å²) in [4.78, 5) is 0. The Morgan fingerprint density at radius 3 is 2.74 bits per heavy atom. The van der Waals surface area contributed by atoms with Crippen LogP contribution in [0.5, 0.6) is 0 Å². The summed E-state index contributed by atoms with van der Waals surface area (Å²) < 4.78 is 6.14. The van der Waals surface area contributed by atoms with Gasteiger partial charge in [-0.3, -0.25) is 0 Å². The summed E-state index contributed by atoms with van der Waals surface area (Å²) in [6.45, 7) is 13.1. The average Bonchev–Trinajstić information content (AvgIpc) is 3.10. The number of aliphatic hydroxyl groups excluding tert-OH is 3. The van der Waals surface area contributed by atoms with Crippen molar-refractivity contribution >= 4 is 0 Å². The van der Waals surface area contributed by atoms with Gasteiger partial charge in [-0.05, 0) is 73.0 Å². The molecule has 4 heteroatoms. The van der Waals surface area contributed by atoms with Crippen LogP contribution in [0.1, 0.15) is 72.6 Å². The molecule has 0 spiro atoms. The maximum Gasteiger partial charge on any atom is 0.0811 e. The highest BCUT2D eigenvalue weighted by atomic mass is 16.5. The first-order chi connectivity index (χ1) is 14.7. The van der Waals surface area contributed by atoms with Crippen molar-refractivity contribution in [2.24, 2.45) is 17.3 Å². The fraction of sp³-hybridized carbons (Fsp3) is 0.704. The molecule has 0 saturated heterocycles. The molecule has 0 bridgehead atoms. The molecule has 2 saturated carbocycles. The molecule has 7 atom stereocenters. The van der Waals surface area contributed by atoms with Crippen molar-refractivity contribution < 1.29 is 20.1 Å². The molecule has 0 aromatic carbocycles. The van der Waals surface area contributed by atoms with E-state index in [-0.39, 0.29) is 17.4 Å². The van der Waals surface area contributed by atoms with Crippen LogP contribution in [-0.2, 0) is 4.74 Å². The normalized spacial score (nSPS) is 36.9. The molecule has 0 amide bonds. The highest BCUT2D eigenvalue weighted by Gasteiger charge is 2.46. The van der Waals surface area contributed by atoms with E-state index in [2.05, 4.69) is 52.5 Å². The molecule has 3 aliphatic carbocycles. The second-order valence-electron chi connectivity index (χ2n) is 10.2. The Hall–Kier alpha value is -1.20. The molecular weight excluding hydrogens is 388 g/mol. The van der Waals surface area contributed by atoms with E-state index in [1.165, 1.54) is 11.1 Å². The van der Waals surface area contributed by atoms with Gasteiger partial charge in [-0.2, -0.15) is 0 Å². The van der Waals surface area contributed by atoms with Crippen LogP contribution in [0.2, 0.25) is 0 Å². The summed E-state index contributed by atoms with van der Waals surface area (Å²) in [6.07, 6.45) is 11.4. The maximum atomic E-state index is 10.3. The summed E-state index contributed by atoms with van der Waals surface area (Å²) in [5.41, 5.74) is 4.62. The lowest BCUT2D eigenvalue weighted by Crippen LogP contribution is -2.35. The molecule has 3 rings (SSSR count). The highest BCUT2D eigenvalue weighted by Crippen LogP contribution is 2.55. The van der Waals surface area contributed by atoms with Crippen LogP contribution < -0.4 is 0 Å². The molecule has 4 nitrogen and oxygen atoms in total. The van der Waals surface area contributed by atoms with Gasteiger partial charge in [0.15, 0.2) is 0 Å². The Morgan fingerprint density at radius 2 is 2.03 bits per heavy atom. The van der Waals surface area contributed by atoms with E-state index >= 15 is 0 Å². The molecular formula is C27H42O4. The number of allylic oxidation sites excluding steroid dienone is 4. The van der Waals surface area contributed by atoms with Crippen LogP contribution in [0.4, 0.5) is 0 Å². The first-order valence-corrected chi connectivity index (χ1v) is 12.1. The van der Waals surface area contributed by atoms with Crippen molar-refractivity contribution in [3.63, 3.8) is 0 Å². The summed E-state index contributed by atoms with van der Waals surface area (Å²) in [5.74, 6) is 0.710. The standard InChI is InChI=1S/C27H42O4/c1-6-17(2)26(30)16-31-19(4)23-11-12-24-20(8-7-13-27(23,24)5)9-10-21-14-22(28)15-25(29)18(21)3/h9-11,17,19,22,24-26,28-30H,3,6-8,12-16H2,1-2,4-5H3/t17?,19-,22+,24-,25-,26+,27+/m0/s1. The molecule has 0 heterocycles. The molecule has 31 heavy (non-hydrogen) atoms. The number of hydrogen-bond acceptors (Lipinski definition) is 4. The minimum Gasteiger partial charge on any atom is -0.393 e. The third kappa shape index (κ3) is 5.24. The number of fused-ring (bicyclic) bond motifs is 1. The van der Waals surface area contributed by atoms with E-state index < -0.39 is 18.3 Å². The number of hydrogen-bond donors (Lipinski definition) is 3. The lowest BCUT2D eigenvalue weighted by molar-refractivity contribution is -0.0184. The Kier molecular flexibility index (Phi) is 8.01. The van der Waals surface area contributed by atoms with Crippen LogP contribution in [-0.4, -0.2) is 46.3 Å². The minimum absolute atomic E-state index is 0.00910. The van der Waals surface area contributed by atoms with Gasteiger partial charge in [0, 0.05) is 6.42 Å². The fourth-order valence-corrected chi connectivity index (χ4v) is 5.72. The van der Waals surface area contributed by atoms with Crippen LogP contribution in [0.3, 0.4) is 0 Å². The third-order valence-corrected chi connectivity index (χ3v) is 8.13. The second kappa shape index (κ2) is 10.2. The van der Waals surface area contributed by atoms with Crippen molar-refractivity contribution in [2.75, 3.05) is 6.61 Å². The first kappa shape index (κ1) is 24.4. The smallest absolute Gasteiger partial charge is 0.0811 e. The molecule has 3 aliphatic rings. The van der Waals surface area contributed by atoms with E-state index in [4.69, 9.17) is 4.74 Å². The van der Waals surface area contributed by atoms with Crippen LogP contribution in [0, 0.1) is 17.3 Å². The predicted octanol–water partition coefficient (Wildman–Crippen LogP) is 4.86. The van der Waals surface area contributed by atoms with Gasteiger partial charge in [0.2, 0.25) is 0 Å². The van der Waals surface area contributed by atoms with Crippen LogP contribution in [0.15, 0.2) is 47.1 Å². The lowest BCUT2D eigenvalue weighted by atomic mass is 9.63. The SMILES string of the molecule is C=C1C(=CC=C2CCC[C@]3(C)C([C@H](C)OC[C@@H](O)C(C)CC)=CC[C@@H]23)C[C@@H](O)C[C@@H]1O. The average molecular weight is 431 g/mol. The molecule has 0 aromatic heterocycles. The van der Waals surface area contributed by atoms with Gasteiger partial charge in [0.25, 0.3) is 0 Å². The molecule has 0 radical (unpaired) electrons. The van der Waals surface area contributed by atoms with Gasteiger partial charge in [-0.25, -0.2) is 0 Å².